The van der Waals surface area contributed by atoms with Crippen molar-refractivity contribution in [2.45, 2.75) is 77.6 Å². The number of carboxylic acid groups (broad SMARTS) is 1. The van der Waals surface area contributed by atoms with Gasteiger partial charge in [-0.05, 0) is 12.8 Å². The minimum absolute atomic E-state index is 0.0830. The molecule has 0 aromatic rings. The molecular weight excluding hydrogens is 264 g/mol. The fourth-order valence-corrected chi connectivity index (χ4v) is 2.53. The topological polar surface area (TPSA) is 52.2 Å². The summed E-state index contributed by atoms with van der Waals surface area (Å²) in [4.78, 5) is 10.4. The number of unbranched alkanes of at least 4 members (excludes halogenated alkanes) is 9. The minimum atomic E-state index is -0.985. The van der Waals surface area contributed by atoms with Gasteiger partial charge in [-0.1, -0.05) is 58.3 Å². The predicted molar refractivity (Wildman–Crippen MR) is 86.4 cm³/mol. The number of nitrogens with zero attached hydrogens (tertiary/aromatic N) is 1. The van der Waals surface area contributed by atoms with E-state index in [2.05, 4.69) is 26.4 Å². The van der Waals surface area contributed by atoms with E-state index in [-0.39, 0.29) is 6.42 Å². The summed E-state index contributed by atoms with van der Waals surface area (Å²) in [6.45, 7) is 3.78. The number of carbonyl (C=O) groups is 1. The molecule has 0 unspecified atom stereocenters. The van der Waals surface area contributed by atoms with Gasteiger partial charge in [0.25, 0.3) is 0 Å². The normalized spacial score (nSPS) is 11.8. The van der Waals surface area contributed by atoms with Gasteiger partial charge in [-0.25, -0.2) is 0 Å². The lowest BCUT2D eigenvalue weighted by atomic mass is 10.1. The molecule has 0 aromatic heterocycles. The van der Waals surface area contributed by atoms with E-state index in [1.165, 1.54) is 64.2 Å². The summed E-state index contributed by atoms with van der Waals surface area (Å²) in [6, 6.07) is 0. The summed E-state index contributed by atoms with van der Waals surface area (Å²) in [7, 11) is 4.17. The molecule has 21 heavy (non-hydrogen) atoms. The molecule has 0 fully saturated rings. The number of rotatable bonds is 15. The highest BCUT2D eigenvalue weighted by Gasteiger charge is 2.13. The first kappa shape index (κ1) is 20.4. The Bertz CT molecular complexity index is 255. The van der Waals surface area contributed by atoms with Gasteiger partial charge in [0.05, 0.1) is 20.6 Å². The Morgan fingerprint density at radius 3 is 1.86 bits per heavy atom. The molecule has 0 saturated carbocycles. The number of nitrogens with one attached hydrogen (secondary N) is 1. The van der Waals surface area contributed by atoms with Crippen molar-refractivity contribution >= 4 is 5.97 Å². The smallest absolute Gasteiger partial charge is 0.0957 e. The van der Waals surface area contributed by atoms with Crippen molar-refractivity contribution in [2.75, 3.05) is 27.2 Å². The van der Waals surface area contributed by atoms with Crippen LogP contribution in [0.4, 0.5) is 0 Å². The van der Waals surface area contributed by atoms with Gasteiger partial charge in [0.1, 0.15) is 0 Å². The molecule has 0 rings (SSSR count). The number of hydrogen-bond acceptors (Lipinski definition) is 3. The van der Waals surface area contributed by atoms with E-state index < -0.39 is 5.97 Å². The van der Waals surface area contributed by atoms with E-state index in [0.29, 0.717) is 11.1 Å². The first-order valence-corrected chi connectivity index (χ1v) is 8.76. The molecule has 0 aromatic carbocycles. The Balaban J connectivity index is 3.34. The van der Waals surface area contributed by atoms with Crippen LogP contribution in [-0.4, -0.2) is 37.7 Å². The molecule has 0 aliphatic heterocycles. The van der Waals surface area contributed by atoms with Crippen molar-refractivity contribution in [2.24, 2.45) is 0 Å². The fraction of sp³-hybridized carbons (Fsp3) is 0.941. The summed E-state index contributed by atoms with van der Waals surface area (Å²) < 4.78 is 0.685. The lowest BCUT2D eigenvalue weighted by Gasteiger charge is -2.29. The fourth-order valence-electron chi connectivity index (χ4n) is 2.53. The van der Waals surface area contributed by atoms with Crippen LogP contribution in [0.5, 0.6) is 0 Å². The third kappa shape index (κ3) is 15.6. The van der Waals surface area contributed by atoms with Crippen LogP contribution in [0.25, 0.3) is 0 Å². The standard InChI is InChI=1S/C17H36N2O2/c1-4-5-6-7-8-9-10-11-12-13-16-19(2,3)18-15-14-17(20)21/h18H,4-16H2,1-3H3. The van der Waals surface area contributed by atoms with Gasteiger partial charge in [0, 0.05) is 18.9 Å². The Kier molecular flexibility index (Phi) is 12.7. The van der Waals surface area contributed by atoms with E-state index in [9.17, 15) is 9.90 Å². The molecular formula is C17H36N2O2. The molecule has 0 heterocycles. The number of hydrogen-bond donors (Lipinski definition) is 1. The second-order valence-electron chi connectivity index (χ2n) is 6.62. The van der Waals surface area contributed by atoms with Gasteiger partial charge in [-0.2, -0.15) is 5.43 Å². The quantitative estimate of drug-likeness (QED) is 0.287. The molecule has 0 bridgehead atoms. The van der Waals surface area contributed by atoms with Gasteiger partial charge >= 0.3 is 0 Å². The van der Waals surface area contributed by atoms with E-state index in [1.54, 1.807) is 0 Å². The van der Waals surface area contributed by atoms with Gasteiger partial charge < -0.3 is 9.90 Å². The second kappa shape index (κ2) is 13.1. The molecule has 0 spiro atoms. The summed E-state index contributed by atoms with van der Waals surface area (Å²) >= 11 is 0. The maximum atomic E-state index is 10.4. The van der Waals surface area contributed by atoms with Gasteiger partial charge in [-0.3, -0.25) is 4.59 Å². The molecule has 1 N–H and O–H groups in total. The average Bonchev–Trinajstić information content (AvgIpc) is 2.40. The zero-order chi connectivity index (χ0) is 16.0. The Hall–Kier alpha value is -0.610. The lowest BCUT2D eigenvalue weighted by Crippen LogP contribution is -2.53. The van der Waals surface area contributed by atoms with Crippen LogP contribution in [0.2, 0.25) is 0 Å². The Labute approximate surface area is 131 Å². The summed E-state index contributed by atoms with van der Waals surface area (Å²) in [5.74, 6) is -0.985. The first-order chi connectivity index (χ1) is 9.98. The van der Waals surface area contributed by atoms with E-state index in [4.69, 9.17) is 0 Å². The van der Waals surface area contributed by atoms with E-state index in [0.717, 1.165) is 6.54 Å². The van der Waals surface area contributed by atoms with Crippen molar-refractivity contribution in [3.8, 4) is 0 Å². The van der Waals surface area contributed by atoms with Crippen LogP contribution in [0.3, 0.4) is 0 Å². The van der Waals surface area contributed by atoms with Crippen LogP contribution in [0, 0.1) is 0 Å². The van der Waals surface area contributed by atoms with Crippen molar-refractivity contribution in [3.05, 3.63) is 0 Å². The Morgan fingerprint density at radius 1 is 0.905 bits per heavy atom. The van der Waals surface area contributed by atoms with E-state index >= 15 is 0 Å². The first-order valence-electron chi connectivity index (χ1n) is 8.76. The van der Waals surface area contributed by atoms with Crippen LogP contribution in [0.1, 0.15) is 77.6 Å². The second-order valence-corrected chi connectivity index (χ2v) is 6.62. The molecule has 4 nitrogen and oxygen atoms in total. The molecule has 0 radical (unpaired) electrons. The molecule has 0 atom stereocenters. The molecule has 0 aliphatic carbocycles. The SMILES string of the molecule is CCCCCCCCCCCC[N+](C)(C)NCCC(=O)[O-]. The number of carbonyl (C=O) groups excluding carboxylic acids is 1. The molecule has 0 aliphatic rings. The molecule has 4 heteroatoms. The predicted octanol–water partition coefficient (Wildman–Crippen LogP) is 2.63. The third-order valence-electron chi connectivity index (χ3n) is 3.94. The van der Waals surface area contributed by atoms with Crippen molar-refractivity contribution < 1.29 is 14.5 Å². The lowest BCUT2D eigenvalue weighted by molar-refractivity contribution is -0.934. The van der Waals surface area contributed by atoms with Crippen molar-refractivity contribution in [1.82, 2.24) is 5.43 Å². The highest BCUT2D eigenvalue weighted by Crippen LogP contribution is 2.11. The molecule has 126 valence electrons. The number of carboxylic acids is 1. The third-order valence-corrected chi connectivity index (χ3v) is 3.94. The van der Waals surface area contributed by atoms with Crippen LogP contribution in [0.15, 0.2) is 0 Å². The monoisotopic (exact) mass is 300 g/mol. The number of aliphatic carboxylic acids is 1. The zero-order valence-corrected chi connectivity index (χ0v) is 14.5. The number of quaternary nitrogens is 1. The summed E-state index contributed by atoms with van der Waals surface area (Å²) in [5.41, 5.74) is 3.24. The van der Waals surface area contributed by atoms with Crippen LogP contribution in [-0.2, 0) is 4.79 Å². The van der Waals surface area contributed by atoms with Crippen LogP contribution >= 0.6 is 0 Å². The maximum Gasteiger partial charge on any atom is 0.0957 e. The van der Waals surface area contributed by atoms with Gasteiger partial charge in [-0.15, -0.1) is 0 Å². The molecule has 0 saturated heterocycles. The summed E-state index contributed by atoms with van der Waals surface area (Å²) in [6.07, 6.45) is 13.5. The molecule has 0 amide bonds. The minimum Gasteiger partial charge on any atom is -0.550 e. The summed E-state index contributed by atoms with van der Waals surface area (Å²) in [5, 5.41) is 10.4. The highest BCUT2D eigenvalue weighted by molar-refractivity contribution is 5.64. The van der Waals surface area contributed by atoms with Crippen molar-refractivity contribution in [1.29, 1.82) is 0 Å². The maximum absolute atomic E-state index is 10.4. The van der Waals surface area contributed by atoms with Gasteiger partial charge in [0.2, 0.25) is 0 Å². The largest absolute Gasteiger partial charge is 0.550 e. The van der Waals surface area contributed by atoms with E-state index in [1.807, 2.05) is 0 Å². The highest BCUT2D eigenvalue weighted by atomic mass is 16.4. The average molecular weight is 300 g/mol. The zero-order valence-electron chi connectivity index (χ0n) is 14.5. The van der Waals surface area contributed by atoms with Crippen molar-refractivity contribution in [3.63, 3.8) is 0 Å². The van der Waals surface area contributed by atoms with Gasteiger partial charge in [0.15, 0.2) is 0 Å². The Morgan fingerprint density at radius 2 is 1.38 bits per heavy atom. The van der Waals surface area contributed by atoms with Crippen LogP contribution < -0.4 is 10.5 Å².